The molecule has 1 heterocycles. The van der Waals surface area contributed by atoms with Gasteiger partial charge in [0, 0.05) is 5.56 Å². The summed E-state index contributed by atoms with van der Waals surface area (Å²) in [4.78, 5) is 15.4. The number of hydrogen-bond donors (Lipinski definition) is 0. The smallest absolute Gasteiger partial charge is 0.270 e. The van der Waals surface area contributed by atoms with Crippen molar-refractivity contribution in [3.8, 4) is 17.2 Å². The van der Waals surface area contributed by atoms with Crippen LogP contribution in [0.15, 0.2) is 71.6 Å². The molecule has 0 unspecified atom stereocenters. The van der Waals surface area contributed by atoms with Gasteiger partial charge in [-0.25, -0.2) is 0 Å². The molecule has 0 aliphatic carbocycles. The lowest BCUT2D eigenvalue weighted by atomic mass is 10.1. The molecule has 1 saturated heterocycles. The van der Waals surface area contributed by atoms with E-state index in [9.17, 15) is 4.79 Å². The van der Waals surface area contributed by atoms with E-state index in [4.69, 9.17) is 26.4 Å². The van der Waals surface area contributed by atoms with Crippen LogP contribution in [0, 0.1) is 13.8 Å². The topological polar surface area (TPSA) is 48.0 Å². The van der Waals surface area contributed by atoms with Gasteiger partial charge in [0.25, 0.3) is 5.91 Å². The number of anilines is 1. The standard InChI is InChI=1S/C27H25NO4S2/c1-18-12-13-19(2)21(16-18)28-26(29)25(34-27(28)33)17-20-8-4-5-9-22(20)31-14-15-32-24-11-7-6-10-23(24)30-3/h4-13,16-17H,14-15H2,1-3H3. The molecule has 1 aliphatic rings. The SMILES string of the molecule is COc1ccccc1OCCOc1ccccc1C=C1SC(=S)N(c2cc(C)ccc2C)C1=O. The molecule has 1 fully saturated rings. The van der Waals surface area contributed by atoms with Crippen LogP contribution in [0.4, 0.5) is 5.69 Å². The third-order valence-electron chi connectivity index (χ3n) is 5.27. The van der Waals surface area contributed by atoms with Crippen molar-refractivity contribution < 1.29 is 19.0 Å². The summed E-state index contributed by atoms with van der Waals surface area (Å²) in [5.41, 5.74) is 3.71. The van der Waals surface area contributed by atoms with Crippen molar-refractivity contribution in [2.75, 3.05) is 25.2 Å². The Kier molecular flexibility index (Phi) is 7.55. The summed E-state index contributed by atoms with van der Waals surface area (Å²) in [6.45, 7) is 4.67. The van der Waals surface area contributed by atoms with Crippen molar-refractivity contribution in [1.29, 1.82) is 0 Å². The van der Waals surface area contributed by atoms with Gasteiger partial charge in [-0.15, -0.1) is 0 Å². The highest BCUT2D eigenvalue weighted by atomic mass is 32.2. The van der Waals surface area contributed by atoms with E-state index in [1.807, 2.05) is 86.7 Å². The van der Waals surface area contributed by atoms with Crippen LogP contribution in [-0.2, 0) is 4.79 Å². The number of carbonyl (C=O) groups excluding carboxylic acids is 1. The molecule has 4 rings (SSSR count). The molecule has 34 heavy (non-hydrogen) atoms. The first kappa shape index (κ1) is 23.9. The van der Waals surface area contributed by atoms with Crippen LogP contribution in [0.2, 0.25) is 0 Å². The number of benzene rings is 3. The molecule has 1 aliphatic heterocycles. The van der Waals surface area contributed by atoms with Crippen LogP contribution in [0.5, 0.6) is 17.2 Å². The van der Waals surface area contributed by atoms with Crippen LogP contribution in [0.25, 0.3) is 6.08 Å². The minimum Gasteiger partial charge on any atom is -0.493 e. The maximum atomic E-state index is 13.2. The molecule has 3 aromatic carbocycles. The number of nitrogens with zero attached hydrogens (tertiary/aromatic N) is 1. The summed E-state index contributed by atoms with van der Waals surface area (Å²) < 4.78 is 17.6. The molecule has 3 aromatic rings. The van der Waals surface area contributed by atoms with Crippen LogP contribution in [0.3, 0.4) is 0 Å². The predicted octanol–water partition coefficient (Wildman–Crippen LogP) is 6.18. The summed E-state index contributed by atoms with van der Waals surface area (Å²) in [7, 11) is 1.61. The van der Waals surface area contributed by atoms with Gasteiger partial charge in [-0.05, 0) is 55.3 Å². The first-order chi connectivity index (χ1) is 16.5. The fourth-order valence-electron chi connectivity index (χ4n) is 3.55. The Morgan fingerprint density at radius 1 is 0.912 bits per heavy atom. The highest BCUT2D eigenvalue weighted by Gasteiger charge is 2.34. The van der Waals surface area contributed by atoms with Crippen molar-refractivity contribution >= 4 is 46.0 Å². The van der Waals surface area contributed by atoms with Gasteiger partial charge in [-0.1, -0.05) is 66.4 Å². The lowest BCUT2D eigenvalue weighted by molar-refractivity contribution is -0.113. The van der Waals surface area contributed by atoms with Crippen molar-refractivity contribution in [3.05, 3.63) is 88.3 Å². The third-order valence-corrected chi connectivity index (χ3v) is 6.57. The van der Waals surface area contributed by atoms with Crippen molar-refractivity contribution in [3.63, 3.8) is 0 Å². The highest BCUT2D eigenvalue weighted by molar-refractivity contribution is 8.27. The van der Waals surface area contributed by atoms with Crippen molar-refractivity contribution in [1.82, 2.24) is 0 Å². The molecule has 0 spiro atoms. The summed E-state index contributed by atoms with van der Waals surface area (Å²) in [5, 5.41) is 0. The largest absolute Gasteiger partial charge is 0.493 e. The van der Waals surface area contributed by atoms with Crippen LogP contribution < -0.4 is 19.1 Å². The zero-order chi connectivity index (χ0) is 24.1. The van der Waals surface area contributed by atoms with E-state index < -0.39 is 0 Å². The van der Waals surface area contributed by atoms with Gasteiger partial charge in [0.1, 0.15) is 19.0 Å². The molecule has 0 saturated carbocycles. The van der Waals surface area contributed by atoms with Crippen LogP contribution in [-0.4, -0.2) is 30.6 Å². The van der Waals surface area contributed by atoms with E-state index in [-0.39, 0.29) is 5.91 Å². The number of para-hydroxylation sites is 3. The van der Waals surface area contributed by atoms with E-state index in [1.165, 1.54) is 11.8 Å². The average Bonchev–Trinajstić information content (AvgIpc) is 3.12. The summed E-state index contributed by atoms with van der Waals surface area (Å²) >= 11 is 6.85. The fraction of sp³-hybridized carbons (Fsp3) is 0.185. The van der Waals surface area contributed by atoms with Gasteiger partial charge in [-0.3, -0.25) is 9.69 Å². The Hall–Kier alpha value is -3.29. The molecule has 0 atom stereocenters. The Labute approximate surface area is 209 Å². The highest BCUT2D eigenvalue weighted by Crippen LogP contribution is 2.38. The molecule has 174 valence electrons. The van der Waals surface area contributed by atoms with Gasteiger partial charge in [0.15, 0.2) is 15.8 Å². The first-order valence-corrected chi connectivity index (χ1v) is 12.0. The Bertz CT molecular complexity index is 1250. The summed E-state index contributed by atoms with van der Waals surface area (Å²) in [6.07, 6.45) is 1.83. The van der Waals surface area contributed by atoms with E-state index in [0.717, 1.165) is 22.4 Å². The van der Waals surface area contributed by atoms with Crippen LogP contribution >= 0.6 is 24.0 Å². The molecular weight excluding hydrogens is 466 g/mol. The molecule has 0 radical (unpaired) electrons. The number of carbonyl (C=O) groups is 1. The third kappa shape index (κ3) is 5.26. The van der Waals surface area contributed by atoms with Crippen molar-refractivity contribution in [2.45, 2.75) is 13.8 Å². The van der Waals surface area contributed by atoms with E-state index in [1.54, 1.807) is 12.0 Å². The zero-order valence-electron chi connectivity index (χ0n) is 19.2. The average molecular weight is 492 g/mol. The Morgan fingerprint density at radius 2 is 1.56 bits per heavy atom. The lowest BCUT2D eigenvalue weighted by Crippen LogP contribution is -2.28. The lowest BCUT2D eigenvalue weighted by Gasteiger charge is -2.17. The van der Waals surface area contributed by atoms with Gasteiger partial charge in [0.2, 0.25) is 0 Å². The number of hydrogen-bond acceptors (Lipinski definition) is 6. The molecule has 0 bridgehead atoms. The minimum absolute atomic E-state index is 0.127. The predicted molar refractivity (Wildman–Crippen MR) is 142 cm³/mol. The number of amides is 1. The number of methoxy groups -OCH3 is 1. The number of thiocarbonyl (C=S) groups is 1. The normalized spacial score (nSPS) is 14.6. The monoisotopic (exact) mass is 491 g/mol. The molecular formula is C27H25NO4S2. The quantitative estimate of drug-likeness (QED) is 0.213. The molecule has 5 nitrogen and oxygen atoms in total. The number of thioether (sulfide) groups is 1. The van der Waals surface area contributed by atoms with E-state index in [2.05, 4.69) is 0 Å². The van der Waals surface area contributed by atoms with Gasteiger partial charge >= 0.3 is 0 Å². The first-order valence-electron chi connectivity index (χ1n) is 10.8. The minimum atomic E-state index is -0.127. The van der Waals surface area contributed by atoms with Gasteiger partial charge in [0.05, 0.1) is 17.7 Å². The van der Waals surface area contributed by atoms with Crippen LogP contribution in [0.1, 0.15) is 16.7 Å². The maximum Gasteiger partial charge on any atom is 0.270 e. The van der Waals surface area contributed by atoms with Gasteiger partial charge in [-0.2, -0.15) is 0 Å². The maximum absolute atomic E-state index is 13.2. The number of rotatable bonds is 8. The molecule has 0 N–H and O–H groups in total. The Balaban J connectivity index is 1.47. The summed E-state index contributed by atoms with van der Waals surface area (Å²) in [6, 6.07) is 21.1. The van der Waals surface area contributed by atoms with E-state index >= 15 is 0 Å². The zero-order valence-corrected chi connectivity index (χ0v) is 20.9. The second-order valence-electron chi connectivity index (χ2n) is 7.69. The fourth-order valence-corrected chi connectivity index (χ4v) is 4.83. The molecule has 1 amide bonds. The molecule has 0 aromatic heterocycles. The second kappa shape index (κ2) is 10.8. The van der Waals surface area contributed by atoms with Gasteiger partial charge < -0.3 is 14.2 Å². The van der Waals surface area contributed by atoms with Crippen molar-refractivity contribution in [2.24, 2.45) is 0 Å². The summed E-state index contributed by atoms with van der Waals surface area (Å²) in [5.74, 6) is 1.88. The Morgan fingerprint density at radius 3 is 2.29 bits per heavy atom. The number of ether oxygens (including phenoxy) is 3. The molecule has 7 heteroatoms. The second-order valence-corrected chi connectivity index (χ2v) is 9.37. The van der Waals surface area contributed by atoms with E-state index in [0.29, 0.717) is 39.7 Å². The number of aryl methyl sites for hydroxylation is 2.